The van der Waals surface area contributed by atoms with Gasteiger partial charge in [0.15, 0.2) is 11.6 Å². The molecule has 0 heterocycles. The summed E-state index contributed by atoms with van der Waals surface area (Å²) in [6, 6.07) is 12.3. The molecule has 0 bridgehead atoms. The maximum atomic E-state index is 14.0. The maximum absolute atomic E-state index is 14.0. The predicted octanol–water partition coefficient (Wildman–Crippen LogP) is 4.11. The Hall–Kier alpha value is -2.34. The van der Waals surface area contributed by atoms with Gasteiger partial charge in [-0.3, -0.25) is 0 Å². The molecule has 0 aliphatic rings. The molecule has 0 N–H and O–H groups in total. The third-order valence-corrected chi connectivity index (χ3v) is 2.68. The van der Waals surface area contributed by atoms with Gasteiger partial charge >= 0.3 is 0 Å². The van der Waals surface area contributed by atoms with E-state index >= 15 is 0 Å². The summed E-state index contributed by atoms with van der Waals surface area (Å²) in [5, 5.41) is 8.88. The summed E-state index contributed by atoms with van der Waals surface area (Å²) in [6.45, 7) is 3.65. The average molecular weight is 241 g/mol. The fraction of sp³-hybridized carbons (Fsp3) is 0.133. The molecule has 2 rings (SSSR count). The molecule has 0 aliphatic carbocycles. The first kappa shape index (κ1) is 12.1. The molecule has 0 unspecified atom stereocenters. The fourth-order valence-corrected chi connectivity index (χ4v) is 1.60. The number of hydrogen-bond donors (Lipinski definition) is 0. The second-order valence-electron chi connectivity index (χ2n) is 4.10. The van der Waals surface area contributed by atoms with Crippen molar-refractivity contribution in [2.75, 3.05) is 0 Å². The van der Waals surface area contributed by atoms with Crippen LogP contribution in [-0.4, -0.2) is 0 Å². The zero-order chi connectivity index (χ0) is 13.1. The highest BCUT2D eigenvalue weighted by Gasteiger charge is 2.12. The molecule has 0 saturated carbocycles. The van der Waals surface area contributed by atoms with Crippen molar-refractivity contribution in [3.63, 3.8) is 0 Å². The van der Waals surface area contributed by atoms with Gasteiger partial charge in [0.05, 0.1) is 5.56 Å². The third kappa shape index (κ3) is 2.33. The molecule has 3 heteroatoms. The SMILES string of the molecule is Cc1ccc(Oc2ccc(C)c(C#N)c2F)cc1. The van der Waals surface area contributed by atoms with Gasteiger partial charge in [-0.05, 0) is 37.6 Å². The number of nitriles is 1. The van der Waals surface area contributed by atoms with E-state index < -0.39 is 5.82 Å². The van der Waals surface area contributed by atoms with Gasteiger partial charge < -0.3 is 4.74 Å². The van der Waals surface area contributed by atoms with Crippen molar-refractivity contribution in [1.82, 2.24) is 0 Å². The summed E-state index contributed by atoms with van der Waals surface area (Å²) >= 11 is 0. The van der Waals surface area contributed by atoms with Crippen molar-refractivity contribution in [3.05, 3.63) is 58.9 Å². The van der Waals surface area contributed by atoms with Crippen LogP contribution in [-0.2, 0) is 0 Å². The monoisotopic (exact) mass is 241 g/mol. The lowest BCUT2D eigenvalue weighted by atomic mass is 10.1. The minimum absolute atomic E-state index is 0.0274. The number of rotatable bonds is 2. The van der Waals surface area contributed by atoms with E-state index in [0.29, 0.717) is 11.3 Å². The molecule has 0 aromatic heterocycles. The minimum Gasteiger partial charge on any atom is -0.454 e. The van der Waals surface area contributed by atoms with Crippen molar-refractivity contribution in [2.45, 2.75) is 13.8 Å². The molecule has 2 nitrogen and oxygen atoms in total. The first-order chi connectivity index (χ1) is 8.61. The van der Waals surface area contributed by atoms with Gasteiger partial charge in [0.25, 0.3) is 0 Å². The molecule has 0 spiro atoms. The molecule has 90 valence electrons. The van der Waals surface area contributed by atoms with E-state index in [0.717, 1.165) is 5.56 Å². The Balaban J connectivity index is 2.36. The molecule has 0 saturated heterocycles. The summed E-state index contributed by atoms with van der Waals surface area (Å²) in [7, 11) is 0. The summed E-state index contributed by atoms with van der Waals surface area (Å²) in [5.74, 6) is 0.00585. The van der Waals surface area contributed by atoms with Gasteiger partial charge in [0.2, 0.25) is 0 Å². The van der Waals surface area contributed by atoms with Gasteiger partial charge in [0, 0.05) is 0 Å². The van der Waals surface area contributed by atoms with Crippen LogP contribution < -0.4 is 4.74 Å². The topological polar surface area (TPSA) is 33.0 Å². The van der Waals surface area contributed by atoms with E-state index in [1.165, 1.54) is 6.07 Å². The minimum atomic E-state index is -0.613. The van der Waals surface area contributed by atoms with E-state index in [1.54, 1.807) is 25.1 Å². The van der Waals surface area contributed by atoms with Crippen LogP contribution in [0.5, 0.6) is 11.5 Å². The van der Waals surface area contributed by atoms with E-state index in [-0.39, 0.29) is 11.3 Å². The van der Waals surface area contributed by atoms with E-state index in [9.17, 15) is 4.39 Å². The van der Waals surface area contributed by atoms with Gasteiger partial charge in [-0.2, -0.15) is 5.26 Å². The Morgan fingerprint density at radius 1 is 1.06 bits per heavy atom. The number of ether oxygens (including phenoxy) is 1. The normalized spacial score (nSPS) is 9.89. The number of halogens is 1. The lowest BCUT2D eigenvalue weighted by Crippen LogP contribution is -1.94. The van der Waals surface area contributed by atoms with Crippen LogP contribution >= 0.6 is 0 Å². The summed E-state index contributed by atoms with van der Waals surface area (Å²) < 4.78 is 19.4. The fourth-order valence-electron chi connectivity index (χ4n) is 1.60. The average Bonchev–Trinajstić information content (AvgIpc) is 2.36. The Morgan fingerprint density at radius 3 is 2.33 bits per heavy atom. The van der Waals surface area contributed by atoms with Crippen LogP contribution in [0.25, 0.3) is 0 Å². The number of benzene rings is 2. The van der Waals surface area contributed by atoms with Crippen LogP contribution in [0.1, 0.15) is 16.7 Å². The molecule has 0 radical (unpaired) electrons. The highest BCUT2D eigenvalue weighted by molar-refractivity contribution is 5.45. The summed E-state index contributed by atoms with van der Waals surface area (Å²) in [4.78, 5) is 0. The first-order valence-corrected chi connectivity index (χ1v) is 5.55. The second-order valence-corrected chi connectivity index (χ2v) is 4.10. The highest BCUT2D eigenvalue weighted by atomic mass is 19.1. The molecule has 2 aromatic rings. The van der Waals surface area contributed by atoms with Crippen molar-refractivity contribution < 1.29 is 9.13 Å². The standard InChI is InChI=1S/C15H12FNO/c1-10-3-6-12(7-4-10)18-14-8-5-11(2)13(9-17)15(14)16/h3-8H,1-2H3. The summed E-state index contributed by atoms with van der Waals surface area (Å²) in [6.07, 6.45) is 0. The van der Waals surface area contributed by atoms with E-state index in [2.05, 4.69) is 0 Å². The van der Waals surface area contributed by atoms with E-state index in [4.69, 9.17) is 10.00 Å². The van der Waals surface area contributed by atoms with Crippen molar-refractivity contribution in [2.24, 2.45) is 0 Å². The lowest BCUT2D eigenvalue weighted by Gasteiger charge is -2.09. The number of aryl methyl sites for hydroxylation is 2. The Bertz CT molecular complexity index is 612. The third-order valence-electron chi connectivity index (χ3n) is 2.68. The predicted molar refractivity (Wildman–Crippen MR) is 67.1 cm³/mol. The molecular formula is C15H12FNO. The Morgan fingerprint density at radius 2 is 1.72 bits per heavy atom. The first-order valence-electron chi connectivity index (χ1n) is 5.55. The van der Waals surface area contributed by atoms with Crippen LogP contribution in [0, 0.1) is 31.0 Å². The van der Waals surface area contributed by atoms with Gasteiger partial charge in [-0.1, -0.05) is 23.8 Å². The van der Waals surface area contributed by atoms with Crippen LogP contribution in [0.15, 0.2) is 36.4 Å². The van der Waals surface area contributed by atoms with Gasteiger partial charge in [-0.15, -0.1) is 0 Å². The molecular weight excluding hydrogens is 229 g/mol. The Kier molecular flexibility index (Phi) is 3.29. The number of hydrogen-bond acceptors (Lipinski definition) is 2. The molecule has 0 fully saturated rings. The Labute approximate surface area is 105 Å². The maximum Gasteiger partial charge on any atom is 0.183 e. The largest absolute Gasteiger partial charge is 0.454 e. The zero-order valence-electron chi connectivity index (χ0n) is 10.2. The molecule has 18 heavy (non-hydrogen) atoms. The highest BCUT2D eigenvalue weighted by Crippen LogP contribution is 2.28. The van der Waals surface area contributed by atoms with Crippen molar-refractivity contribution in [1.29, 1.82) is 5.26 Å². The number of nitrogens with zero attached hydrogens (tertiary/aromatic N) is 1. The quantitative estimate of drug-likeness (QED) is 0.792. The second kappa shape index (κ2) is 4.89. The molecule has 0 atom stereocenters. The summed E-state index contributed by atoms with van der Waals surface area (Å²) in [5.41, 5.74) is 1.73. The van der Waals surface area contributed by atoms with Crippen molar-refractivity contribution >= 4 is 0 Å². The van der Waals surface area contributed by atoms with Gasteiger partial charge in [0.1, 0.15) is 11.8 Å². The van der Waals surface area contributed by atoms with E-state index in [1.807, 2.05) is 25.1 Å². The molecule has 2 aromatic carbocycles. The lowest BCUT2D eigenvalue weighted by molar-refractivity contribution is 0.441. The van der Waals surface area contributed by atoms with Crippen LogP contribution in [0.3, 0.4) is 0 Å². The van der Waals surface area contributed by atoms with Crippen LogP contribution in [0.4, 0.5) is 4.39 Å². The smallest absolute Gasteiger partial charge is 0.183 e. The molecule has 0 aliphatic heterocycles. The van der Waals surface area contributed by atoms with Crippen LogP contribution in [0.2, 0.25) is 0 Å². The van der Waals surface area contributed by atoms with Gasteiger partial charge in [-0.25, -0.2) is 4.39 Å². The zero-order valence-corrected chi connectivity index (χ0v) is 10.2. The van der Waals surface area contributed by atoms with Crippen molar-refractivity contribution in [3.8, 4) is 17.6 Å². The molecule has 0 amide bonds.